The summed E-state index contributed by atoms with van der Waals surface area (Å²) in [6.07, 6.45) is 3.15. The fraction of sp³-hybridized carbons (Fsp3) is 0.458. The maximum Gasteiger partial charge on any atom is 0.230 e. The minimum Gasteiger partial charge on any atom is -0.381 e. The lowest BCUT2D eigenvalue weighted by atomic mass is 9.71. The number of hydrogen-bond acceptors (Lipinski definition) is 3. The van der Waals surface area contributed by atoms with Gasteiger partial charge in [0.2, 0.25) is 5.91 Å². The van der Waals surface area contributed by atoms with Crippen molar-refractivity contribution in [3.05, 3.63) is 70.7 Å². The average Bonchev–Trinajstić information content (AvgIpc) is 2.79. The van der Waals surface area contributed by atoms with Crippen LogP contribution in [0.25, 0.3) is 0 Å². The molecule has 2 heterocycles. The van der Waals surface area contributed by atoms with Gasteiger partial charge in [0.15, 0.2) is 0 Å². The van der Waals surface area contributed by atoms with Crippen LogP contribution in [-0.4, -0.2) is 38.9 Å². The third kappa shape index (κ3) is 4.20. The van der Waals surface area contributed by atoms with Gasteiger partial charge in [0, 0.05) is 43.4 Å². The Morgan fingerprint density at radius 2 is 1.48 bits per heavy atom. The van der Waals surface area contributed by atoms with Crippen molar-refractivity contribution >= 4 is 17.5 Å². The van der Waals surface area contributed by atoms with Crippen molar-refractivity contribution < 1.29 is 14.3 Å². The SMILES string of the molecule is O=C(NCC1(c2ccccc2)CCOCC1)C1(c2cccc(Cl)c2)CCOCC1. The summed E-state index contributed by atoms with van der Waals surface area (Å²) < 4.78 is 11.2. The molecule has 2 fully saturated rings. The number of nitrogens with one attached hydrogen (secondary N) is 1. The molecule has 0 atom stereocenters. The van der Waals surface area contributed by atoms with Gasteiger partial charge in [-0.3, -0.25) is 4.79 Å². The molecule has 5 heteroatoms. The quantitative estimate of drug-likeness (QED) is 0.796. The molecule has 2 aliphatic heterocycles. The first kappa shape index (κ1) is 20.4. The lowest BCUT2D eigenvalue weighted by Crippen LogP contribution is -2.52. The molecule has 2 aromatic carbocycles. The molecule has 4 nitrogen and oxygen atoms in total. The number of halogens is 1. The van der Waals surface area contributed by atoms with Gasteiger partial charge in [-0.2, -0.15) is 0 Å². The van der Waals surface area contributed by atoms with Gasteiger partial charge in [0.25, 0.3) is 0 Å². The molecular formula is C24H28ClNO3. The summed E-state index contributed by atoms with van der Waals surface area (Å²) in [5, 5.41) is 3.99. The van der Waals surface area contributed by atoms with Crippen molar-refractivity contribution in [2.45, 2.75) is 36.5 Å². The molecule has 0 aliphatic carbocycles. The Balaban J connectivity index is 1.59. The van der Waals surface area contributed by atoms with Crippen LogP contribution in [-0.2, 0) is 25.1 Å². The van der Waals surface area contributed by atoms with Gasteiger partial charge in [-0.15, -0.1) is 0 Å². The van der Waals surface area contributed by atoms with Crippen molar-refractivity contribution in [3.63, 3.8) is 0 Å². The number of carbonyl (C=O) groups is 1. The normalized spacial score (nSPS) is 20.7. The molecule has 0 unspecified atom stereocenters. The zero-order valence-corrected chi connectivity index (χ0v) is 17.4. The third-order valence-corrected chi connectivity index (χ3v) is 6.82. The minimum absolute atomic E-state index is 0.0739. The second-order valence-corrected chi connectivity index (χ2v) is 8.58. The van der Waals surface area contributed by atoms with Gasteiger partial charge in [-0.25, -0.2) is 0 Å². The lowest BCUT2D eigenvalue weighted by Gasteiger charge is -2.41. The molecule has 0 spiro atoms. The van der Waals surface area contributed by atoms with Crippen LogP contribution in [0.1, 0.15) is 36.8 Å². The standard InChI is InChI=1S/C24H28ClNO3/c25-21-8-4-7-20(17-21)24(11-15-29-16-12-24)22(27)26-18-23(9-13-28-14-10-23)19-5-2-1-3-6-19/h1-8,17H,9-16,18H2,(H,26,27). The van der Waals surface area contributed by atoms with E-state index in [4.69, 9.17) is 21.1 Å². The van der Waals surface area contributed by atoms with E-state index >= 15 is 0 Å². The summed E-state index contributed by atoms with van der Waals surface area (Å²) in [6, 6.07) is 18.2. The number of ether oxygens (including phenoxy) is 2. The van der Waals surface area contributed by atoms with Crippen LogP contribution < -0.4 is 5.32 Å². The van der Waals surface area contributed by atoms with Crippen LogP contribution in [0.5, 0.6) is 0 Å². The topological polar surface area (TPSA) is 47.6 Å². The fourth-order valence-electron chi connectivity index (χ4n) is 4.69. The van der Waals surface area contributed by atoms with E-state index in [0.29, 0.717) is 37.6 Å². The van der Waals surface area contributed by atoms with Gasteiger partial charge in [0.05, 0.1) is 5.41 Å². The highest BCUT2D eigenvalue weighted by atomic mass is 35.5. The van der Waals surface area contributed by atoms with E-state index < -0.39 is 5.41 Å². The van der Waals surface area contributed by atoms with Crippen LogP contribution in [0.2, 0.25) is 5.02 Å². The first-order valence-corrected chi connectivity index (χ1v) is 10.8. The van der Waals surface area contributed by atoms with E-state index in [-0.39, 0.29) is 11.3 Å². The van der Waals surface area contributed by atoms with Gasteiger partial charge >= 0.3 is 0 Å². The summed E-state index contributed by atoms with van der Waals surface area (Å²) in [5.74, 6) is 0.0739. The molecule has 154 valence electrons. The number of hydrogen-bond donors (Lipinski definition) is 1. The molecule has 0 bridgehead atoms. The Bertz CT molecular complexity index is 827. The van der Waals surface area contributed by atoms with Crippen LogP contribution in [0.15, 0.2) is 54.6 Å². The Kier molecular flexibility index (Phi) is 6.23. The van der Waals surface area contributed by atoms with E-state index in [1.54, 1.807) is 0 Å². The number of carbonyl (C=O) groups excluding carboxylic acids is 1. The van der Waals surface area contributed by atoms with Crippen LogP contribution in [0.4, 0.5) is 0 Å². The molecular weight excluding hydrogens is 386 g/mol. The summed E-state index contributed by atoms with van der Waals surface area (Å²) in [5.41, 5.74) is 1.57. The smallest absolute Gasteiger partial charge is 0.230 e. The van der Waals surface area contributed by atoms with E-state index in [9.17, 15) is 4.79 Å². The summed E-state index contributed by atoms with van der Waals surface area (Å²) in [6.45, 7) is 3.22. The molecule has 1 amide bonds. The molecule has 0 aromatic heterocycles. The second-order valence-electron chi connectivity index (χ2n) is 8.15. The zero-order chi connectivity index (χ0) is 20.2. The highest BCUT2D eigenvalue weighted by Gasteiger charge is 2.43. The monoisotopic (exact) mass is 413 g/mol. The summed E-state index contributed by atoms with van der Waals surface area (Å²) in [7, 11) is 0. The van der Waals surface area contributed by atoms with Crippen molar-refractivity contribution in [1.29, 1.82) is 0 Å². The first-order valence-electron chi connectivity index (χ1n) is 10.4. The number of rotatable bonds is 5. The molecule has 2 aromatic rings. The van der Waals surface area contributed by atoms with Crippen molar-refractivity contribution in [3.8, 4) is 0 Å². The Labute approximate surface area is 177 Å². The van der Waals surface area contributed by atoms with Crippen molar-refractivity contribution in [1.82, 2.24) is 5.32 Å². The first-order chi connectivity index (χ1) is 14.1. The Hall–Kier alpha value is -1.88. The average molecular weight is 414 g/mol. The lowest BCUT2D eigenvalue weighted by molar-refractivity contribution is -0.131. The van der Waals surface area contributed by atoms with Crippen LogP contribution in [0, 0.1) is 0 Å². The van der Waals surface area contributed by atoms with Crippen LogP contribution in [0.3, 0.4) is 0 Å². The van der Waals surface area contributed by atoms with Gasteiger partial charge < -0.3 is 14.8 Å². The maximum absolute atomic E-state index is 13.6. The molecule has 2 aliphatic rings. The van der Waals surface area contributed by atoms with Crippen molar-refractivity contribution in [2.24, 2.45) is 0 Å². The minimum atomic E-state index is -0.591. The zero-order valence-electron chi connectivity index (χ0n) is 16.7. The Morgan fingerprint density at radius 3 is 2.14 bits per heavy atom. The van der Waals surface area contributed by atoms with Crippen LogP contribution >= 0.6 is 11.6 Å². The van der Waals surface area contributed by atoms with E-state index in [1.165, 1.54) is 5.56 Å². The molecule has 0 saturated carbocycles. The fourth-order valence-corrected chi connectivity index (χ4v) is 4.88. The molecule has 1 N–H and O–H groups in total. The number of benzene rings is 2. The Morgan fingerprint density at radius 1 is 0.862 bits per heavy atom. The van der Waals surface area contributed by atoms with E-state index in [0.717, 1.165) is 31.6 Å². The van der Waals surface area contributed by atoms with Crippen molar-refractivity contribution in [2.75, 3.05) is 33.0 Å². The number of amides is 1. The summed E-state index contributed by atoms with van der Waals surface area (Å²) in [4.78, 5) is 13.6. The van der Waals surface area contributed by atoms with E-state index in [1.807, 2.05) is 30.3 Å². The molecule has 29 heavy (non-hydrogen) atoms. The van der Waals surface area contributed by atoms with Gasteiger partial charge in [-0.1, -0.05) is 54.1 Å². The predicted molar refractivity (Wildman–Crippen MR) is 114 cm³/mol. The van der Waals surface area contributed by atoms with Gasteiger partial charge in [0.1, 0.15) is 0 Å². The highest BCUT2D eigenvalue weighted by Crippen LogP contribution is 2.38. The molecule has 4 rings (SSSR count). The molecule has 2 saturated heterocycles. The largest absolute Gasteiger partial charge is 0.381 e. The highest BCUT2D eigenvalue weighted by molar-refractivity contribution is 6.30. The predicted octanol–water partition coefficient (Wildman–Crippen LogP) is 4.25. The molecule has 0 radical (unpaired) electrons. The second kappa shape index (κ2) is 8.86. The third-order valence-electron chi connectivity index (χ3n) is 6.58. The maximum atomic E-state index is 13.6. The van der Waals surface area contributed by atoms with E-state index in [2.05, 4.69) is 29.6 Å². The summed E-state index contributed by atoms with van der Waals surface area (Å²) >= 11 is 6.25. The van der Waals surface area contributed by atoms with Gasteiger partial charge in [-0.05, 0) is 48.9 Å².